The first-order chi connectivity index (χ1) is 10.1. The second-order valence-electron chi connectivity index (χ2n) is 4.39. The monoisotopic (exact) mass is 364 g/mol. The van der Waals surface area contributed by atoms with Gasteiger partial charge in [0.05, 0.1) is 21.2 Å². The number of nitrogens with one attached hydrogen (secondary N) is 1. The van der Waals surface area contributed by atoms with E-state index < -0.39 is 5.82 Å². The molecule has 0 atom stereocenters. The summed E-state index contributed by atoms with van der Waals surface area (Å²) < 4.78 is 14.8. The van der Waals surface area contributed by atoms with Crippen molar-refractivity contribution in [2.24, 2.45) is 0 Å². The van der Waals surface area contributed by atoms with Crippen LogP contribution in [0.15, 0.2) is 46.9 Å². The second kappa shape index (κ2) is 5.91. The van der Waals surface area contributed by atoms with Gasteiger partial charge in [-0.25, -0.2) is 9.37 Å². The van der Waals surface area contributed by atoms with E-state index in [2.05, 4.69) is 26.2 Å². The van der Waals surface area contributed by atoms with Gasteiger partial charge >= 0.3 is 0 Å². The standard InChI is InChI=1S/C15H10BrFN2OS/c16-10-6-5-9(7-11(10)17)15(20)18-8-14-19-12-3-1-2-4-13(12)21-14/h1-7H,8H2,(H,18,20). The second-order valence-corrected chi connectivity index (χ2v) is 6.36. The summed E-state index contributed by atoms with van der Waals surface area (Å²) in [5.74, 6) is -0.775. The van der Waals surface area contributed by atoms with E-state index in [0.717, 1.165) is 15.2 Å². The van der Waals surface area contributed by atoms with Gasteiger partial charge in [0.25, 0.3) is 5.91 Å². The van der Waals surface area contributed by atoms with Crippen molar-refractivity contribution >= 4 is 43.4 Å². The highest BCUT2D eigenvalue weighted by Crippen LogP contribution is 2.21. The van der Waals surface area contributed by atoms with Gasteiger partial charge in [0, 0.05) is 5.56 Å². The van der Waals surface area contributed by atoms with Crippen LogP contribution in [0, 0.1) is 5.82 Å². The van der Waals surface area contributed by atoms with Crippen molar-refractivity contribution in [1.29, 1.82) is 0 Å². The zero-order valence-corrected chi connectivity index (χ0v) is 13.2. The largest absolute Gasteiger partial charge is 0.346 e. The van der Waals surface area contributed by atoms with Crippen molar-refractivity contribution in [1.82, 2.24) is 10.3 Å². The van der Waals surface area contributed by atoms with Crippen LogP contribution in [0.4, 0.5) is 4.39 Å². The molecule has 1 amide bonds. The van der Waals surface area contributed by atoms with E-state index in [9.17, 15) is 9.18 Å². The first-order valence-corrected chi connectivity index (χ1v) is 7.82. The molecule has 1 heterocycles. The van der Waals surface area contributed by atoms with E-state index >= 15 is 0 Å². The van der Waals surface area contributed by atoms with Crippen LogP contribution in [0.2, 0.25) is 0 Å². The van der Waals surface area contributed by atoms with Gasteiger partial charge in [-0.3, -0.25) is 4.79 Å². The molecule has 0 unspecified atom stereocenters. The van der Waals surface area contributed by atoms with E-state index in [0.29, 0.717) is 11.0 Å². The summed E-state index contributed by atoms with van der Waals surface area (Å²) >= 11 is 4.59. The highest BCUT2D eigenvalue weighted by atomic mass is 79.9. The SMILES string of the molecule is O=C(NCc1nc2ccccc2s1)c1ccc(Br)c(F)c1. The minimum atomic E-state index is -0.456. The lowest BCUT2D eigenvalue weighted by Crippen LogP contribution is -2.22. The fourth-order valence-corrected chi connectivity index (χ4v) is 3.04. The molecule has 0 spiro atoms. The third kappa shape index (κ3) is 3.11. The molecule has 0 fully saturated rings. The van der Waals surface area contributed by atoms with Gasteiger partial charge in [-0.05, 0) is 46.3 Å². The van der Waals surface area contributed by atoms with Crippen molar-refractivity contribution < 1.29 is 9.18 Å². The third-order valence-electron chi connectivity index (χ3n) is 2.92. The van der Waals surface area contributed by atoms with Gasteiger partial charge in [0.15, 0.2) is 0 Å². The molecule has 2 aromatic carbocycles. The van der Waals surface area contributed by atoms with Crippen molar-refractivity contribution in [3.8, 4) is 0 Å². The summed E-state index contributed by atoms with van der Waals surface area (Å²) in [6.45, 7) is 0.329. The number of carbonyl (C=O) groups is 1. The van der Waals surface area contributed by atoms with E-state index in [1.165, 1.54) is 23.5 Å². The Balaban J connectivity index is 1.71. The minimum Gasteiger partial charge on any atom is -0.346 e. The Morgan fingerprint density at radius 3 is 2.86 bits per heavy atom. The maximum Gasteiger partial charge on any atom is 0.251 e. The first kappa shape index (κ1) is 14.2. The molecule has 3 rings (SSSR count). The summed E-state index contributed by atoms with van der Waals surface area (Å²) in [5.41, 5.74) is 1.21. The van der Waals surface area contributed by atoms with E-state index in [-0.39, 0.29) is 11.5 Å². The van der Waals surface area contributed by atoms with Gasteiger partial charge in [-0.1, -0.05) is 12.1 Å². The molecule has 1 N–H and O–H groups in total. The number of carbonyl (C=O) groups excluding carboxylic acids is 1. The topological polar surface area (TPSA) is 42.0 Å². The number of amides is 1. The number of aromatic nitrogens is 1. The summed E-state index contributed by atoms with van der Waals surface area (Å²) in [6, 6.07) is 12.1. The maximum atomic E-state index is 13.4. The molecule has 106 valence electrons. The van der Waals surface area contributed by atoms with Crippen LogP contribution in [-0.2, 0) is 6.54 Å². The number of hydrogen-bond donors (Lipinski definition) is 1. The summed E-state index contributed by atoms with van der Waals surface area (Å²) in [6.07, 6.45) is 0. The first-order valence-electron chi connectivity index (χ1n) is 6.21. The van der Waals surface area contributed by atoms with Crippen LogP contribution >= 0.6 is 27.3 Å². The summed E-state index contributed by atoms with van der Waals surface area (Å²) in [7, 11) is 0. The molecule has 3 aromatic rings. The lowest BCUT2D eigenvalue weighted by molar-refractivity contribution is 0.0950. The van der Waals surface area contributed by atoms with Crippen LogP contribution < -0.4 is 5.32 Å². The number of para-hydroxylation sites is 1. The molecule has 0 aliphatic heterocycles. The van der Waals surface area contributed by atoms with Crippen molar-refractivity contribution in [3.05, 3.63) is 63.3 Å². The molecule has 3 nitrogen and oxygen atoms in total. The Hall–Kier alpha value is -1.79. The van der Waals surface area contributed by atoms with Crippen molar-refractivity contribution in [3.63, 3.8) is 0 Å². The van der Waals surface area contributed by atoms with Gasteiger partial charge < -0.3 is 5.32 Å². The number of thiazole rings is 1. The molecule has 6 heteroatoms. The van der Waals surface area contributed by atoms with Crippen LogP contribution in [0.5, 0.6) is 0 Å². The molecule has 0 aliphatic carbocycles. The average molecular weight is 365 g/mol. The smallest absolute Gasteiger partial charge is 0.251 e. The Labute approximate surface area is 133 Å². The third-order valence-corrected chi connectivity index (χ3v) is 4.60. The maximum absolute atomic E-state index is 13.4. The van der Waals surface area contributed by atoms with Crippen LogP contribution in [0.25, 0.3) is 10.2 Å². The Bertz CT molecular complexity index is 785. The van der Waals surface area contributed by atoms with E-state index in [1.807, 2.05) is 24.3 Å². The molecule has 21 heavy (non-hydrogen) atoms. The molecule has 1 aromatic heterocycles. The van der Waals surface area contributed by atoms with Crippen molar-refractivity contribution in [2.45, 2.75) is 6.54 Å². The lowest BCUT2D eigenvalue weighted by Gasteiger charge is -2.03. The number of benzene rings is 2. The summed E-state index contributed by atoms with van der Waals surface area (Å²) in [4.78, 5) is 16.4. The van der Waals surface area contributed by atoms with Gasteiger partial charge in [-0.15, -0.1) is 11.3 Å². The molecular formula is C15H10BrFN2OS. The van der Waals surface area contributed by atoms with Crippen molar-refractivity contribution in [2.75, 3.05) is 0 Å². The molecule has 0 bridgehead atoms. The fourth-order valence-electron chi connectivity index (χ4n) is 1.89. The zero-order valence-electron chi connectivity index (χ0n) is 10.8. The highest BCUT2D eigenvalue weighted by molar-refractivity contribution is 9.10. The Morgan fingerprint density at radius 2 is 2.10 bits per heavy atom. The van der Waals surface area contributed by atoms with Crippen LogP contribution in [0.3, 0.4) is 0 Å². The van der Waals surface area contributed by atoms with Crippen LogP contribution in [0.1, 0.15) is 15.4 Å². The van der Waals surface area contributed by atoms with Gasteiger partial charge in [0.2, 0.25) is 0 Å². The predicted octanol–water partition coefficient (Wildman–Crippen LogP) is 4.13. The number of hydrogen-bond acceptors (Lipinski definition) is 3. The number of fused-ring (bicyclic) bond motifs is 1. The molecule has 0 radical (unpaired) electrons. The highest BCUT2D eigenvalue weighted by Gasteiger charge is 2.10. The number of rotatable bonds is 3. The minimum absolute atomic E-state index is 0.289. The molecule has 0 aliphatic rings. The molecule has 0 saturated carbocycles. The summed E-state index contributed by atoms with van der Waals surface area (Å²) in [5, 5.41) is 3.57. The Kier molecular flexibility index (Phi) is 3.98. The molecule has 0 saturated heterocycles. The van der Waals surface area contributed by atoms with Gasteiger partial charge in [-0.2, -0.15) is 0 Å². The van der Waals surface area contributed by atoms with Crippen LogP contribution in [-0.4, -0.2) is 10.9 Å². The zero-order chi connectivity index (χ0) is 14.8. The molecular weight excluding hydrogens is 355 g/mol. The van der Waals surface area contributed by atoms with E-state index in [4.69, 9.17) is 0 Å². The lowest BCUT2D eigenvalue weighted by atomic mass is 10.2. The number of halogens is 2. The normalized spacial score (nSPS) is 10.8. The average Bonchev–Trinajstić information content (AvgIpc) is 2.90. The quantitative estimate of drug-likeness (QED) is 0.759. The number of nitrogens with zero attached hydrogens (tertiary/aromatic N) is 1. The van der Waals surface area contributed by atoms with E-state index in [1.54, 1.807) is 6.07 Å². The predicted molar refractivity (Wildman–Crippen MR) is 84.9 cm³/mol. The Morgan fingerprint density at radius 1 is 1.29 bits per heavy atom. The fraction of sp³-hybridized carbons (Fsp3) is 0.0667. The van der Waals surface area contributed by atoms with Gasteiger partial charge in [0.1, 0.15) is 10.8 Å².